The Morgan fingerprint density at radius 3 is 3.24 bits per heavy atom. The second kappa shape index (κ2) is 4.47. The smallest absolute Gasteiger partial charge is 0.137 e. The zero-order chi connectivity index (χ0) is 11.7. The van der Waals surface area contributed by atoms with Gasteiger partial charge in [-0.25, -0.2) is 4.98 Å². The molecule has 1 atom stereocenters. The van der Waals surface area contributed by atoms with Crippen molar-refractivity contribution in [3.63, 3.8) is 0 Å². The average molecular weight is 230 g/mol. The Bertz CT molecular complexity index is 511. The highest BCUT2D eigenvalue weighted by atomic mass is 15.1. The first-order valence-corrected chi connectivity index (χ1v) is 6.19. The Hall–Kier alpha value is -1.39. The van der Waals surface area contributed by atoms with Gasteiger partial charge in [0.25, 0.3) is 0 Å². The van der Waals surface area contributed by atoms with Crippen molar-refractivity contribution in [3.05, 3.63) is 35.8 Å². The summed E-state index contributed by atoms with van der Waals surface area (Å²) < 4.78 is 2.10. The lowest BCUT2D eigenvalue weighted by atomic mass is 10.2. The molecule has 90 valence electrons. The first-order chi connectivity index (χ1) is 8.31. The van der Waals surface area contributed by atoms with Crippen LogP contribution in [-0.2, 0) is 6.54 Å². The summed E-state index contributed by atoms with van der Waals surface area (Å²) in [6.07, 6.45) is 5.44. The highest BCUT2D eigenvalue weighted by molar-refractivity contribution is 5.41. The SMILES string of the molecule is Cc1ccc2nc(CNC3CCNC3)cn2c1. The van der Waals surface area contributed by atoms with Gasteiger partial charge < -0.3 is 15.0 Å². The van der Waals surface area contributed by atoms with Crippen molar-refractivity contribution in [1.82, 2.24) is 20.0 Å². The molecule has 1 unspecified atom stereocenters. The highest BCUT2D eigenvalue weighted by Crippen LogP contribution is 2.08. The Morgan fingerprint density at radius 2 is 2.41 bits per heavy atom. The lowest BCUT2D eigenvalue weighted by Crippen LogP contribution is -2.30. The molecule has 1 fully saturated rings. The van der Waals surface area contributed by atoms with Crippen LogP contribution in [0.3, 0.4) is 0 Å². The van der Waals surface area contributed by atoms with E-state index in [1.54, 1.807) is 0 Å². The number of aryl methyl sites for hydroxylation is 1. The van der Waals surface area contributed by atoms with Crippen molar-refractivity contribution in [2.75, 3.05) is 13.1 Å². The second-order valence-corrected chi connectivity index (χ2v) is 4.77. The molecule has 2 aromatic heterocycles. The number of imidazole rings is 1. The quantitative estimate of drug-likeness (QED) is 0.829. The zero-order valence-electron chi connectivity index (χ0n) is 10.1. The van der Waals surface area contributed by atoms with Crippen molar-refractivity contribution in [2.45, 2.75) is 25.9 Å². The lowest BCUT2D eigenvalue weighted by Gasteiger charge is -2.08. The molecule has 0 amide bonds. The van der Waals surface area contributed by atoms with Crippen LogP contribution < -0.4 is 10.6 Å². The molecule has 1 aliphatic heterocycles. The number of hydrogen-bond donors (Lipinski definition) is 2. The summed E-state index contributed by atoms with van der Waals surface area (Å²) in [7, 11) is 0. The van der Waals surface area contributed by atoms with Gasteiger partial charge in [0, 0.05) is 31.5 Å². The molecule has 3 rings (SSSR count). The number of nitrogens with zero attached hydrogens (tertiary/aromatic N) is 2. The third-order valence-electron chi connectivity index (χ3n) is 3.28. The normalized spacial score (nSPS) is 20.2. The largest absolute Gasteiger partial charge is 0.315 e. The number of nitrogens with one attached hydrogen (secondary N) is 2. The maximum absolute atomic E-state index is 4.59. The van der Waals surface area contributed by atoms with Crippen molar-refractivity contribution in [3.8, 4) is 0 Å². The standard InChI is InChI=1S/C13H18N4/c1-10-2-3-13-16-12(9-17(13)8-10)7-15-11-4-5-14-6-11/h2-3,8-9,11,14-15H,4-7H2,1H3. The molecule has 4 nitrogen and oxygen atoms in total. The van der Waals surface area contributed by atoms with Gasteiger partial charge in [-0.2, -0.15) is 0 Å². The van der Waals surface area contributed by atoms with Gasteiger partial charge in [-0.1, -0.05) is 6.07 Å². The Morgan fingerprint density at radius 1 is 1.47 bits per heavy atom. The number of fused-ring (bicyclic) bond motifs is 1. The summed E-state index contributed by atoms with van der Waals surface area (Å²) in [6, 6.07) is 4.76. The number of aromatic nitrogens is 2. The molecule has 3 heterocycles. The van der Waals surface area contributed by atoms with E-state index in [1.165, 1.54) is 12.0 Å². The van der Waals surface area contributed by atoms with Crippen LogP contribution in [-0.4, -0.2) is 28.5 Å². The van der Waals surface area contributed by atoms with Crippen LogP contribution in [0, 0.1) is 6.92 Å². The lowest BCUT2D eigenvalue weighted by molar-refractivity contribution is 0.543. The van der Waals surface area contributed by atoms with Crippen LogP contribution in [0.5, 0.6) is 0 Å². The van der Waals surface area contributed by atoms with Gasteiger partial charge in [-0.05, 0) is 31.5 Å². The molecular formula is C13H18N4. The number of rotatable bonds is 3. The van der Waals surface area contributed by atoms with Crippen LogP contribution >= 0.6 is 0 Å². The number of pyridine rings is 1. The molecule has 17 heavy (non-hydrogen) atoms. The minimum atomic E-state index is 0.599. The summed E-state index contributed by atoms with van der Waals surface area (Å²) in [4.78, 5) is 4.59. The van der Waals surface area contributed by atoms with E-state index in [4.69, 9.17) is 0 Å². The van der Waals surface area contributed by atoms with Crippen molar-refractivity contribution >= 4 is 5.65 Å². The van der Waals surface area contributed by atoms with Gasteiger partial charge in [0.1, 0.15) is 5.65 Å². The summed E-state index contributed by atoms with van der Waals surface area (Å²) in [5, 5.41) is 6.89. The van der Waals surface area contributed by atoms with Crippen LogP contribution in [0.4, 0.5) is 0 Å². The molecule has 4 heteroatoms. The van der Waals surface area contributed by atoms with Crippen molar-refractivity contribution in [2.24, 2.45) is 0 Å². The summed E-state index contributed by atoms with van der Waals surface area (Å²) >= 11 is 0. The van der Waals surface area contributed by atoms with Crippen LogP contribution in [0.25, 0.3) is 5.65 Å². The minimum Gasteiger partial charge on any atom is -0.315 e. The van der Waals surface area contributed by atoms with Crippen LogP contribution in [0.15, 0.2) is 24.5 Å². The Kier molecular flexibility index (Phi) is 2.82. The van der Waals surface area contributed by atoms with Crippen molar-refractivity contribution in [1.29, 1.82) is 0 Å². The average Bonchev–Trinajstić information content (AvgIpc) is 2.94. The van der Waals surface area contributed by atoms with E-state index in [9.17, 15) is 0 Å². The third kappa shape index (κ3) is 2.33. The van der Waals surface area contributed by atoms with Gasteiger partial charge in [-0.3, -0.25) is 0 Å². The van der Waals surface area contributed by atoms with E-state index < -0.39 is 0 Å². The molecule has 2 N–H and O–H groups in total. The molecule has 0 spiro atoms. The molecule has 0 bridgehead atoms. The van der Waals surface area contributed by atoms with Gasteiger partial charge in [0.05, 0.1) is 5.69 Å². The zero-order valence-corrected chi connectivity index (χ0v) is 10.1. The second-order valence-electron chi connectivity index (χ2n) is 4.77. The molecule has 1 aliphatic rings. The van der Waals surface area contributed by atoms with Gasteiger partial charge in [-0.15, -0.1) is 0 Å². The molecule has 0 aromatic carbocycles. The Balaban J connectivity index is 1.72. The molecule has 2 aromatic rings. The minimum absolute atomic E-state index is 0.599. The van der Waals surface area contributed by atoms with E-state index in [0.29, 0.717) is 6.04 Å². The topological polar surface area (TPSA) is 41.4 Å². The predicted octanol–water partition coefficient (Wildman–Crippen LogP) is 1.09. The summed E-state index contributed by atoms with van der Waals surface area (Å²) in [6.45, 7) is 5.16. The third-order valence-corrected chi connectivity index (χ3v) is 3.28. The fourth-order valence-electron chi connectivity index (χ4n) is 2.32. The predicted molar refractivity (Wildman–Crippen MR) is 68.0 cm³/mol. The van der Waals surface area contributed by atoms with Crippen LogP contribution in [0.2, 0.25) is 0 Å². The first-order valence-electron chi connectivity index (χ1n) is 6.19. The van der Waals surface area contributed by atoms with Gasteiger partial charge >= 0.3 is 0 Å². The number of hydrogen-bond acceptors (Lipinski definition) is 3. The monoisotopic (exact) mass is 230 g/mol. The van der Waals surface area contributed by atoms with Crippen molar-refractivity contribution < 1.29 is 0 Å². The maximum atomic E-state index is 4.59. The fourth-order valence-corrected chi connectivity index (χ4v) is 2.32. The van der Waals surface area contributed by atoms with E-state index in [2.05, 4.69) is 51.5 Å². The molecule has 0 saturated carbocycles. The summed E-state index contributed by atoms with van der Waals surface area (Å²) in [5.74, 6) is 0. The maximum Gasteiger partial charge on any atom is 0.137 e. The van der Waals surface area contributed by atoms with E-state index in [0.717, 1.165) is 31.0 Å². The molecule has 0 aliphatic carbocycles. The Labute approximate surface area is 101 Å². The fraction of sp³-hybridized carbons (Fsp3) is 0.462. The first kappa shape index (κ1) is 10.7. The van der Waals surface area contributed by atoms with E-state index in [1.807, 2.05) is 0 Å². The molecular weight excluding hydrogens is 212 g/mol. The summed E-state index contributed by atoms with van der Waals surface area (Å²) in [5.41, 5.74) is 3.40. The van der Waals surface area contributed by atoms with E-state index in [-0.39, 0.29) is 0 Å². The molecule has 0 radical (unpaired) electrons. The van der Waals surface area contributed by atoms with Gasteiger partial charge in [0.2, 0.25) is 0 Å². The molecule has 1 saturated heterocycles. The van der Waals surface area contributed by atoms with E-state index >= 15 is 0 Å². The van der Waals surface area contributed by atoms with Gasteiger partial charge in [0.15, 0.2) is 0 Å². The highest BCUT2D eigenvalue weighted by Gasteiger charge is 2.13. The van der Waals surface area contributed by atoms with Crippen LogP contribution in [0.1, 0.15) is 17.7 Å².